The van der Waals surface area contributed by atoms with Gasteiger partial charge in [-0.2, -0.15) is 10.2 Å². The first kappa shape index (κ1) is 22.7. The van der Waals surface area contributed by atoms with Gasteiger partial charge in [0.15, 0.2) is 5.82 Å². The van der Waals surface area contributed by atoms with Gasteiger partial charge in [-0.05, 0) is 42.0 Å². The second-order valence-corrected chi connectivity index (χ2v) is 8.41. The number of hydrogen-bond acceptors (Lipinski definition) is 9. The molecule has 2 fully saturated rings. The number of benzene rings is 2. The summed E-state index contributed by atoms with van der Waals surface area (Å²) in [7, 11) is 0. The minimum absolute atomic E-state index is 0.0343. The van der Waals surface area contributed by atoms with Gasteiger partial charge in [0.1, 0.15) is 24.3 Å². The van der Waals surface area contributed by atoms with Crippen LogP contribution in [0.4, 0.5) is 11.6 Å². The van der Waals surface area contributed by atoms with E-state index in [0.29, 0.717) is 66.3 Å². The monoisotopic (exact) mass is 472 g/mol. The molecule has 0 atom stereocenters. The molecule has 0 aliphatic carbocycles. The van der Waals surface area contributed by atoms with Crippen LogP contribution >= 0.6 is 0 Å². The molecular weight excluding hydrogens is 448 g/mol. The number of anilines is 2. The van der Waals surface area contributed by atoms with E-state index >= 15 is 0 Å². The average molecular weight is 473 g/mol. The van der Waals surface area contributed by atoms with E-state index in [1.165, 1.54) is 6.33 Å². The summed E-state index contributed by atoms with van der Waals surface area (Å²) in [6.07, 6.45) is 3.03. The third-order valence-electron chi connectivity index (χ3n) is 6.04. The SMILES string of the molecule is N#Cc1cc(-c2ncnc(Nc3ccc(C(N)=O)c(C4COC4)c3)n2)ccc1OC1CCOCC1. The molecule has 0 spiro atoms. The summed E-state index contributed by atoms with van der Waals surface area (Å²) in [5, 5.41) is 12.8. The van der Waals surface area contributed by atoms with Crippen LogP contribution < -0.4 is 15.8 Å². The van der Waals surface area contributed by atoms with Crippen molar-refractivity contribution in [1.82, 2.24) is 15.0 Å². The molecule has 2 aromatic carbocycles. The van der Waals surface area contributed by atoms with Gasteiger partial charge in [0.05, 0.1) is 32.0 Å². The Morgan fingerprint density at radius 3 is 2.66 bits per heavy atom. The van der Waals surface area contributed by atoms with Crippen LogP contribution in [-0.2, 0) is 9.47 Å². The fraction of sp³-hybridized carbons (Fsp3) is 0.320. The second kappa shape index (κ2) is 10.0. The highest BCUT2D eigenvalue weighted by molar-refractivity contribution is 5.95. The highest BCUT2D eigenvalue weighted by atomic mass is 16.5. The summed E-state index contributed by atoms with van der Waals surface area (Å²) in [5.41, 5.74) is 8.65. The highest BCUT2D eigenvalue weighted by Gasteiger charge is 2.25. The summed E-state index contributed by atoms with van der Waals surface area (Å²) >= 11 is 0. The Hall–Kier alpha value is -4.07. The number of nitrogens with one attached hydrogen (secondary N) is 1. The molecule has 3 aromatic rings. The fourth-order valence-corrected chi connectivity index (χ4v) is 4.08. The minimum Gasteiger partial charge on any atom is -0.489 e. The third kappa shape index (κ3) is 5.06. The molecule has 0 radical (unpaired) electrons. The van der Waals surface area contributed by atoms with Gasteiger partial charge in [-0.1, -0.05) is 0 Å². The van der Waals surface area contributed by atoms with Crippen LogP contribution in [0.3, 0.4) is 0 Å². The number of carbonyl (C=O) groups excluding carboxylic acids is 1. The molecule has 2 aliphatic rings. The van der Waals surface area contributed by atoms with E-state index < -0.39 is 5.91 Å². The van der Waals surface area contributed by atoms with Crippen molar-refractivity contribution in [1.29, 1.82) is 5.26 Å². The Morgan fingerprint density at radius 2 is 1.94 bits per heavy atom. The van der Waals surface area contributed by atoms with Crippen LogP contribution in [0.25, 0.3) is 11.4 Å². The first-order chi connectivity index (χ1) is 17.1. The van der Waals surface area contributed by atoms with Crippen molar-refractivity contribution in [2.75, 3.05) is 31.7 Å². The number of nitrogens with two attached hydrogens (primary N) is 1. The molecule has 178 valence electrons. The number of primary amides is 1. The van der Waals surface area contributed by atoms with Crippen molar-refractivity contribution in [2.45, 2.75) is 24.9 Å². The summed E-state index contributed by atoms with van der Waals surface area (Å²) < 4.78 is 16.7. The molecule has 10 nitrogen and oxygen atoms in total. The molecule has 10 heteroatoms. The lowest BCUT2D eigenvalue weighted by atomic mass is 9.92. The van der Waals surface area contributed by atoms with Crippen LogP contribution in [0.1, 0.15) is 40.2 Å². The van der Waals surface area contributed by atoms with Crippen LogP contribution in [0.2, 0.25) is 0 Å². The largest absolute Gasteiger partial charge is 0.489 e. The van der Waals surface area contributed by atoms with Crippen LogP contribution in [0, 0.1) is 11.3 Å². The molecular formula is C25H24N6O4. The number of nitrogens with zero attached hydrogens (tertiary/aromatic N) is 4. The predicted molar refractivity (Wildman–Crippen MR) is 126 cm³/mol. The molecule has 5 rings (SSSR count). The van der Waals surface area contributed by atoms with E-state index in [2.05, 4.69) is 26.3 Å². The van der Waals surface area contributed by atoms with Crippen molar-refractivity contribution < 1.29 is 19.0 Å². The highest BCUT2D eigenvalue weighted by Crippen LogP contribution is 2.31. The zero-order valence-corrected chi connectivity index (χ0v) is 18.9. The number of carbonyl (C=O) groups is 1. The molecule has 2 saturated heterocycles. The van der Waals surface area contributed by atoms with Gasteiger partial charge in [-0.15, -0.1) is 0 Å². The van der Waals surface area contributed by atoms with E-state index in [-0.39, 0.29) is 12.0 Å². The molecule has 1 aromatic heterocycles. The number of rotatable bonds is 7. The molecule has 0 bridgehead atoms. The molecule has 0 unspecified atom stereocenters. The van der Waals surface area contributed by atoms with Crippen molar-refractivity contribution in [2.24, 2.45) is 5.73 Å². The van der Waals surface area contributed by atoms with Gasteiger partial charge in [0.2, 0.25) is 11.9 Å². The van der Waals surface area contributed by atoms with Crippen molar-refractivity contribution >= 4 is 17.5 Å². The number of nitriles is 1. The molecule has 3 heterocycles. The van der Waals surface area contributed by atoms with E-state index in [4.69, 9.17) is 19.9 Å². The van der Waals surface area contributed by atoms with Crippen LogP contribution in [-0.4, -0.2) is 53.4 Å². The number of aromatic nitrogens is 3. The minimum atomic E-state index is -0.474. The van der Waals surface area contributed by atoms with Gasteiger partial charge >= 0.3 is 0 Å². The zero-order chi connectivity index (χ0) is 24.2. The predicted octanol–water partition coefficient (Wildman–Crippen LogP) is 2.92. The maximum atomic E-state index is 11.8. The van der Waals surface area contributed by atoms with E-state index in [9.17, 15) is 10.1 Å². The molecule has 0 saturated carbocycles. The van der Waals surface area contributed by atoms with E-state index in [1.807, 2.05) is 12.1 Å². The van der Waals surface area contributed by atoms with Gasteiger partial charge in [-0.25, -0.2) is 9.97 Å². The van der Waals surface area contributed by atoms with Crippen molar-refractivity contribution in [3.8, 4) is 23.2 Å². The van der Waals surface area contributed by atoms with Crippen molar-refractivity contribution in [3.63, 3.8) is 0 Å². The Morgan fingerprint density at radius 1 is 1.11 bits per heavy atom. The molecule has 35 heavy (non-hydrogen) atoms. The molecule has 2 aliphatic heterocycles. The van der Waals surface area contributed by atoms with Crippen molar-refractivity contribution in [3.05, 3.63) is 59.4 Å². The molecule has 1 amide bonds. The fourth-order valence-electron chi connectivity index (χ4n) is 4.08. The first-order valence-corrected chi connectivity index (χ1v) is 11.4. The third-order valence-corrected chi connectivity index (χ3v) is 6.04. The Kier molecular flexibility index (Phi) is 6.52. The normalized spacial score (nSPS) is 16.2. The number of ether oxygens (including phenoxy) is 3. The number of amides is 1. The van der Waals surface area contributed by atoms with Gasteiger partial charge in [0.25, 0.3) is 0 Å². The average Bonchev–Trinajstić information content (AvgIpc) is 2.84. The number of hydrogen-bond donors (Lipinski definition) is 2. The summed E-state index contributed by atoms with van der Waals surface area (Å²) in [6, 6.07) is 12.8. The lowest BCUT2D eigenvalue weighted by molar-refractivity contribution is 0.00817. The summed E-state index contributed by atoms with van der Waals surface area (Å²) in [6.45, 7) is 2.42. The van der Waals surface area contributed by atoms with E-state index in [1.54, 1.807) is 24.3 Å². The maximum Gasteiger partial charge on any atom is 0.248 e. The standard InChI is InChI=1S/C25H24N6O4/c26-11-16-9-15(1-4-22(16)35-19-5-7-33-8-6-19)24-28-14-29-25(31-24)30-18-2-3-20(23(27)32)21(10-18)17-12-34-13-17/h1-4,9-10,14,17,19H,5-8,12-13H2,(H2,27,32)(H,28,29,30,31). The topological polar surface area (TPSA) is 145 Å². The Labute approximate surface area is 202 Å². The van der Waals surface area contributed by atoms with Gasteiger partial charge in [-0.3, -0.25) is 4.79 Å². The quantitative estimate of drug-likeness (QED) is 0.530. The summed E-state index contributed by atoms with van der Waals surface area (Å²) in [4.78, 5) is 24.8. The maximum absolute atomic E-state index is 11.8. The Bertz CT molecular complexity index is 1280. The summed E-state index contributed by atoms with van der Waals surface area (Å²) in [5.74, 6) is 0.937. The Balaban J connectivity index is 1.36. The van der Waals surface area contributed by atoms with Crippen LogP contribution in [0.5, 0.6) is 5.75 Å². The lowest BCUT2D eigenvalue weighted by Gasteiger charge is -2.28. The molecule has 3 N–H and O–H groups in total. The smallest absolute Gasteiger partial charge is 0.248 e. The second-order valence-electron chi connectivity index (χ2n) is 8.41. The van der Waals surface area contributed by atoms with Gasteiger partial charge in [0, 0.05) is 35.6 Å². The first-order valence-electron chi connectivity index (χ1n) is 11.4. The lowest BCUT2D eigenvalue weighted by Crippen LogP contribution is -2.28. The van der Waals surface area contributed by atoms with E-state index in [0.717, 1.165) is 18.4 Å². The zero-order valence-electron chi connectivity index (χ0n) is 18.9. The van der Waals surface area contributed by atoms with Crippen LogP contribution in [0.15, 0.2) is 42.7 Å². The van der Waals surface area contributed by atoms with Gasteiger partial charge < -0.3 is 25.3 Å².